The van der Waals surface area contributed by atoms with Crippen LogP contribution >= 0.6 is 0 Å². The summed E-state index contributed by atoms with van der Waals surface area (Å²) in [6.45, 7) is 4.37. The van der Waals surface area contributed by atoms with Gasteiger partial charge in [-0.05, 0) is 125 Å². The summed E-state index contributed by atoms with van der Waals surface area (Å²) >= 11 is 0. The highest BCUT2D eigenvalue weighted by Gasteiger charge is 2.21. The molecule has 1 heteroatoms. The highest BCUT2D eigenvalue weighted by atomic mass is 14.8. The lowest BCUT2D eigenvalue weighted by molar-refractivity contribution is 0.755. The van der Waals surface area contributed by atoms with E-state index in [0.29, 0.717) is 5.92 Å². The Morgan fingerprint density at radius 3 is 1.48 bits per heavy atom. The highest BCUT2D eigenvalue weighted by Crippen LogP contribution is 2.46. The smallest absolute Gasteiger partial charge is 0.0665 e. The van der Waals surface area contributed by atoms with Crippen LogP contribution in [0.1, 0.15) is 23.6 Å². The number of rotatable bonds is 4. The van der Waals surface area contributed by atoms with Gasteiger partial charge in [-0.1, -0.05) is 194 Å². The second kappa shape index (κ2) is 15.1. The Morgan fingerprint density at radius 2 is 0.862 bits per heavy atom. The summed E-state index contributed by atoms with van der Waals surface area (Å²) in [5.41, 5.74) is 13.6. The van der Waals surface area contributed by atoms with Crippen molar-refractivity contribution in [2.45, 2.75) is 20.3 Å². The minimum Gasteiger partial charge on any atom is -0.252 e. The summed E-state index contributed by atoms with van der Waals surface area (Å²) in [6, 6.07) is 75.0. The van der Waals surface area contributed by atoms with E-state index in [1.807, 2.05) is 18.2 Å². The predicted octanol–water partition coefficient (Wildman–Crippen LogP) is 15.6. The number of hydrogen-bond donors (Lipinski definition) is 0. The third-order valence-corrected chi connectivity index (χ3v) is 11.8. The van der Waals surface area contributed by atoms with Crippen LogP contribution < -0.4 is 0 Å². The van der Waals surface area contributed by atoms with Gasteiger partial charge in [0.25, 0.3) is 0 Å². The fourth-order valence-electron chi connectivity index (χ4n) is 8.85. The Kier molecular flexibility index (Phi) is 9.20. The number of para-hydroxylation sites is 1. The summed E-state index contributed by atoms with van der Waals surface area (Å²) in [4.78, 5) is 5.11. The van der Waals surface area contributed by atoms with Crippen molar-refractivity contribution in [2.75, 3.05) is 0 Å². The minimum atomic E-state index is 0.373. The first-order valence-electron chi connectivity index (χ1n) is 20.3. The lowest BCUT2D eigenvalue weighted by Gasteiger charge is -2.22. The standard InChI is InChI=1S/C50H35N.C7H8/c1-32-28-40-14-6-9-17-47(40)51-50(32)36-22-18-35(19-23-36)39-26-27-45-46(31-39)49(42-25-21-34-11-3-5-13-38(34)30-42)44-16-8-7-15-43(44)48(45)41-24-20-33-10-2-4-12-37(33)29-41;1-7-5-3-2-4-6-7/h2-27,29-32H,28H2,1H3;2-6H,1H3. The number of aliphatic imine (C=N–C) groups is 1. The average Bonchev–Trinajstić information content (AvgIpc) is 3.28. The third kappa shape index (κ3) is 6.65. The van der Waals surface area contributed by atoms with Crippen LogP contribution in [0, 0.1) is 12.8 Å². The topological polar surface area (TPSA) is 12.4 Å². The quantitative estimate of drug-likeness (QED) is 0.159. The predicted molar refractivity (Wildman–Crippen MR) is 249 cm³/mol. The number of hydrogen-bond acceptors (Lipinski definition) is 1. The first-order chi connectivity index (χ1) is 28.6. The molecule has 58 heavy (non-hydrogen) atoms. The van der Waals surface area contributed by atoms with E-state index < -0.39 is 0 Å². The molecule has 1 unspecified atom stereocenters. The Hall–Kier alpha value is -7.09. The van der Waals surface area contributed by atoms with Crippen LogP contribution in [-0.4, -0.2) is 5.71 Å². The van der Waals surface area contributed by atoms with Crippen LogP contribution in [0.15, 0.2) is 211 Å². The molecule has 1 nitrogen and oxygen atoms in total. The van der Waals surface area contributed by atoms with Crippen molar-refractivity contribution >= 4 is 54.5 Å². The molecule has 0 amide bonds. The second-order valence-corrected chi connectivity index (χ2v) is 15.6. The summed E-state index contributed by atoms with van der Waals surface area (Å²) in [7, 11) is 0. The summed E-state index contributed by atoms with van der Waals surface area (Å²) in [5.74, 6) is 0.373. The van der Waals surface area contributed by atoms with E-state index in [9.17, 15) is 0 Å². The van der Waals surface area contributed by atoms with Crippen LogP contribution in [0.4, 0.5) is 5.69 Å². The monoisotopic (exact) mass is 741 g/mol. The second-order valence-electron chi connectivity index (χ2n) is 15.6. The average molecular weight is 742 g/mol. The zero-order valence-electron chi connectivity index (χ0n) is 32.9. The fourth-order valence-corrected chi connectivity index (χ4v) is 8.85. The van der Waals surface area contributed by atoms with Gasteiger partial charge in [-0.2, -0.15) is 0 Å². The van der Waals surface area contributed by atoms with E-state index in [0.717, 1.165) is 12.1 Å². The van der Waals surface area contributed by atoms with E-state index in [1.165, 1.54) is 98.9 Å². The molecule has 0 aliphatic carbocycles. The molecular weight excluding hydrogens is 699 g/mol. The van der Waals surface area contributed by atoms with Gasteiger partial charge in [0.2, 0.25) is 0 Å². The van der Waals surface area contributed by atoms with Crippen molar-refractivity contribution < 1.29 is 0 Å². The van der Waals surface area contributed by atoms with Gasteiger partial charge < -0.3 is 0 Å². The summed E-state index contributed by atoms with van der Waals surface area (Å²) in [5, 5.41) is 10.1. The molecule has 0 bridgehead atoms. The molecule has 10 aromatic carbocycles. The normalized spacial score (nSPS) is 13.6. The lowest BCUT2D eigenvalue weighted by atomic mass is 9.84. The van der Waals surface area contributed by atoms with Crippen molar-refractivity contribution in [3.05, 3.63) is 223 Å². The van der Waals surface area contributed by atoms with Crippen molar-refractivity contribution in [3.8, 4) is 33.4 Å². The van der Waals surface area contributed by atoms with Gasteiger partial charge >= 0.3 is 0 Å². The Labute approximate surface area is 340 Å². The van der Waals surface area contributed by atoms with Crippen molar-refractivity contribution in [2.24, 2.45) is 10.9 Å². The SMILES string of the molecule is CC1Cc2ccccc2N=C1c1ccc(-c2ccc3c(-c4ccc5ccccc5c4)c4ccccc4c(-c4ccc5ccccc5c4)c3c2)cc1.Cc1ccccc1. The van der Waals surface area contributed by atoms with Gasteiger partial charge in [0.05, 0.1) is 11.4 Å². The number of benzene rings is 10. The summed E-state index contributed by atoms with van der Waals surface area (Å²) < 4.78 is 0. The molecule has 11 rings (SSSR count). The molecule has 276 valence electrons. The van der Waals surface area contributed by atoms with Gasteiger partial charge in [-0.25, -0.2) is 0 Å². The van der Waals surface area contributed by atoms with Crippen LogP contribution in [0.3, 0.4) is 0 Å². The Balaban J connectivity index is 0.000000530. The van der Waals surface area contributed by atoms with Gasteiger partial charge in [0.15, 0.2) is 0 Å². The molecule has 0 spiro atoms. The lowest BCUT2D eigenvalue weighted by Crippen LogP contribution is -2.18. The molecule has 0 aromatic heterocycles. The van der Waals surface area contributed by atoms with E-state index in [4.69, 9.17) is 4.99 Å². The molecule has 0 N–H and O–H groups in total. The van der Waals surface area contributed by atoms with E-state index in [1.54, 1.807) is 0 Å². The van der Waals surface area contributed by atoms with Crippen LogP contribution in [0.5, 0.6) is 0 Å². The first kappa shape index (κ1) is 35.3. The number of aryl methyl sites for hydroxylation is 1. The van der Waals surface area contributed by atoms with Crippen LogP contribution in [0.25, 0.3) is 76.5 Å². The third-order valence-electron chi connectivity index (χ3n) is 11.8. The largest absolute Gasteiger partial charge is 0.252 e. The minimum absolute atomic E-state index is 0.373. The van der Waals surface area contributed by atoms with Crippen LogP contribution in [0.2, 0.25) is 0 Å². The van der Waals surface area contributed by atoms with Crippen LogP contribution in [-0.2, 0) is 6.42 Å². The number of fused-ring (bicyclic) bond motifs is 5. The molecule has 1 heterocycles. The molecule has 1 aliphatic heterocycles. The molecular formula is C57H43N. The molecule has 0 saturated carbocycles. The molecule has 1 aliphatic rings. The fraction of sp³-hybridized carbons (Fsp3) is 0.0702. The van der Waals surface area contributed by atoms with E-state index in [-0.39, 0.29) is 0 Å². The first-order valence-corrected chi connectivity index (χ1v) is 20.3. The molecule has 10 aromatic rings. The van der Waals surface area contributed by atoms with Crippen molar-refractivity contribution in [3.63, 3.8) is 0 Å². The van der Waals surface area contributed by atoms with Crippen molar-refractivity contribution in [1.82, 2.24) is 0 Å². The Morgan fingerprint density at radius 1 is 0.379 bits per heavy atom. The zero-order valence-corrected chi connectivity index (χ0v) is 32.9. The zero-order chi connectivity index (χ0) is 39.0. The highest BCUT2D eigenvalue weighted by molar-refractivity contribution is 6.22. The molecule has 0 fully saturated rings. The maximum absolute atomic E-state index is 5.11. The summed E-state index contributed by atoms with van der Waals surface area (Å²) in [6.07, 6.45) is 1.02. The molecule has 0 radical (unpaired) electrons. The van der Waals surface area contributed by atoms with E-state index in [2.05, 4.69) is 202 Å². The molecule has 1 atom stereocenters. The maximum Gasteiger partial charge on any atom is 0.0665 e. The van der Waals surface area contributed by atoms with Gasteiger partial charge in [-0.15, -0.1) is 0 Å². The number of nitrogens with zero attached hydrogens (tertiary/aromatic N) is 1. The maximum atomic E-state index is 5.11. The van der Waals surface area contributed by atoms with E-state index >= 15 is 0 Å². The molecule has 0 saturated heterocycles. The van der Waals surface area contributed by atoms with Crippen molar-refractivity contribution in [1.29, 1.82) is 0 Å². The Bertz CT molecular complexity index is 3150. The van der Waals surface area contributed by atoms with Gasteiger partial charge in [0, 0.05) is 5.92 Å². The van der Waals surface area contributed by atoms with Gasteiger partial charge in [0.1, 0.15) is 0 Å². The van der Waals surface area contributed by atoms with Gasteiger partial charge in [-0.3, -0.25) is 4.99 Å².